The molecule has 5 rings (SSSR count). The SMILES string of the molecule is OCC12CN(Cc3ccccc3)CC(Cc3ccccc3)(CC3(C1)OCCO3)C2O. The van der Waals surface area contributed by atoms with E-state index in [-0.39, 0.29) is 6.61 Å². The van der Waals surface area contributed by atoms with Crippen LogP contribution in [0.4, 0.5) is 0 Å². The van der Waals surface area contributed by atoms with Crippen molar-refractivity contribution in [1.29, 1.82) is 0 Å². The van der Waals surface area contributed by atoms with Gasteiger partial charge in [-0.15, -0.1) is 0 Å². The van der Waals surface area contributed by atoms with Crippen molar-refractivity contribution in [1.82, 2.24) is 4.90 Å². The topological polar surface area (TPSA) is 62.2 Å². The third-order valence-corrected chi connectivity index (χ3v) is 7.26. The standard InChI is InChI=1S/C25H31NO4/c27-19-24-16-25(29-11-12-30-25)15-23(22(24)28,13-20-7-3-1-4-8-20)17-26(18-24)14-21-9-5-2-6-10-21/h1-10,22,27-28H,11-19H2. The van der Waals surface area contributed by atoms with Gasteiger partial charge in [0.15, 0.2) is 5.79 Å². The first-order chi connectivity index (χ1) is 14.6. The van der Waals surface area contributed by atoms with E-state index in [0.29, 0.717) is 32.6 Å². The molecule has 3 aliphatic rings. The molecule has 5 nitrogen and oxygen atoms in total. The van der Waals surface area contributed by atoms with Gasteiger partial charge in [0, 0.05) is 43.3 Å². The van der Waals surface area contributed by atoms with Gasteiger partial charge >= 0.3 is 0 Å². The van der Waals surface area contributed by atoms with Gasteiger partial charge in [-0.05, 0) is 17.5 Å². The van der Waals surface area contributed by atoms with Crippen LogP contribution in [0, 0.1) is 10.8 Å². The second-order valence-electron chi connectivity index (χ2n) is 9.54. The van der Waals surface area contributed by atoms with Crippen LogP contribution in [0.25, 0.3) is 0 Å². The van der Waals surface area contributed by atoms with E-state index in [4.69, 9.17) is 9.47 Å². The van der Waals surface area contributed by atoms with Gasteiger partial charge in [-0.2, -0.15) is 0 Å². The molecule has 3 atom stereocenters. The molecule has 0 aromatic heterocycles. The summed E-state index contributed by atoms with van der Waals surface area (Å²) in [5.74, 6) is -0.699. The molecule has 2 aliphatic heterocycles. The first-order valence-corrected chi connectivity index (χ1v) is 10.9. The molecular formula is C25H31NO4. The summed E-state index contributed by atoms with van der Waals surface area (Å²) in [5, 5.41) is 22.3. The van der Waals surface area contributed by atoms with E-state index in [9.17, 15) is 10.2 Å². The monoisotopic (exact) mass is 409 g/mol. The predicted octanol–water partition coefficient (Wildman–Crippen LogP) is 2.61. The quantitative estimate of drug-likeness (QED) is 0.795. The first-order valence-electron chi connectivity index (χ1n) is 10.9. The number of fused-ring (bicyclic) bond motifs is 2. The molecule has 2 saturated heterocycles. The van der Waals surface area contributed by atoms with E-state index in [1.54, 1.807) is 0 Å². The van der Waals surface area contributed by atoms with Crippen molar-refractivity contribution in [3.8, 4) is 0 Å². The summed E-state index contributed by atoms with van der Waals surface area (Å²) in [7, 11) is 0. The molecule has 3 fully saturated rings. The molecule has 2 N–H and O–H groups in total. The largest absolute Gasteiger partial charge is 0.396 e. The van der Waals surface area contributed by atoms with Crippen molar-refractivity contribution in [2.75, 3.05) is 32.9 Å². The van der Waals surface area contributed by atoms with Gasteiger partial charge in [-0.1, -0.05) is 60.7 Å². The van der Waals surface area contributed by atoms with E-state index >= 15 is 0 Å². The van der Waals surface area contributed by atoms with E-state index in [1.807, 2.05) is 24.3 Å². The molecule has 2 heterocycles. The summed E-state index contributed by atoms with van der Waals surface area (Å²) < 4.78 is 12.3. The smallest absolute Gasteiger partial charge is 0.169 e. The van der Waals surface area contributed by atoms with E-state index in [1.165, 1.54) is 11.1 Å². The Morgan fingerprint density at radius 1 is 0.833 bits per heavy atom. The summed E-state index contributed by atoms with van der Waals surface area (Å²) in [6, 6.07) is 20.8. The Morgan fingerprint density at radius 2 is 1.40 bits per heavy atom. The number of piperidine rings is 1. The van der Waals surface area contributed by atoms with E-state index in [0.717, 1.165) is 19.5 Å². The Balaban J connectivity index is 1.53. The third-order valence-electron chi connectivity index (χ3n) is 7.26. The number of hydrogen-bond donors (Lipinski definition) is 2. The van der Waals surface area contributed by atoms with Gasteiger partial charge in [0.25, 0.3) is 0 Å². The molecule has 0 radical (unpaired) electrons. The van der Waals surface area contributed by atoms with Crippen LogP contribution in [-0.4, -0.2) is 59.9 Å². The maximum absolute atomic E-state index is 11.7. The molecule has 0 amide bonds. The summed E-state index contributed by atoms with van der Waals surface area (Å²) in [6.45, 7) is 3.25. The number of benzene rings is 2. The van der Waals surface area contributed by atoms with Gasteiger partial charge in [0.2, 0.25) is 0 Å². The highest BCUT2D eigenvalue weighted by molar-refractivity contribution is 5.23. The Labute approximate surface area is 178 Å². The van der Waals surface area contributed by atoms with Crippen molar-refractivity contribution < 1.29 is 19.7 Å². The number of likely N-dealkylation sites (tertiary alicyclic amines) is 1. The molecule has 1 saturated carbocycles. The fourth-order valence-corrected chi connectivity index (χ4v) is 6.27. The minimum Gasteiger partial charge on any atom is -0.396 e. The fourth-order valence-electron chi connectivity index (χ4n) is 6.27. The summed E-state index contributed by atoms with van der Waals surface area (Å²) in [6.07, 6.45) is 1.29. The molecule has 1 aliphatic carbocycles. The lowest BCUT2D eigenvalue weighted by atomic mass is 9.53. The summed E-state index contributed by atoms with van der Waals surface area (Å²) in [4.78, 5) is 2.41. The van der Waals surface area contributed by atoms with Gasteiger partial charge in [-0.25, -0.2) is 0 Å². The van der Waals surface area contributed by atoms with Crippen LogP contribution in [0.3, 0.4) is 0 Å². The number of aliphatic hydroxyl groups excluding tert-OH is 2. The number of rotatable bonds is 5. The van der Waals surface area contributed by atoms with Crippen LogP contribution in [0.5, 0.6) is 0 Å². The first kappa shape index (κ1) is 20.2. The highest BCUT2D eigenvalue weighted by Gasteiger charge is 2.65. The second-order valence-corrected chi connectivity index (χ2v) is 9.54. The van der Waals surface area contributed by atoms with Crippen LogP contribution >= 0.6 is 0 Å². The maximum Gasteiger partial charge on any atom is 0.169 e. The number of nitrogens with zero attached hydrogens (tertiary/aromatic N) is 1. The predicted molar refractivity (Wildman–Crippen MR) is 114 cm³/mol. The highest BCUT2D eigenvalue weighted by atomic mass is 16.7. The Bertz CT molecular complexity index is 854. The molecule has 2 bridgehead atoms. The lowest BCUT2D eigenvalue weighted by molar-refractivity contribution is -0.293. The van der Waals surface area contributed by atoms with Crippen molar-refractivity contribution >= 4 is 0 Å². The zero-order valence-electron chi connectivity index (χ0n) is 17.4. The zero-order chi connectivity index (χ0) is 20.7. The lowest BCUT2D eigenvalue weighted by Crippen LogP contribution is -2.71. The van der Waals surface area contributed by atoms with Crippen LogP contribution < -0.4 is 0 Å². The van der Waals surface area contributed by atoms with Gasteiger partial charge < -0.3 is 19.7 Å². The van der Waals surface area contributed by atoms with E-state index in [2.05, 4.69) is 41.3 Å². The van der Waals surface area contributed by atoms with Crippen LogP contribution in [0.1, 0.15) is 24.0 Å². The van der Waals surface area contributed by atoms with Crippen molar-refractivity contribution in [2.24, 2.45) is 10.8 Å². The molecule has 1 spiro atoms. The fraction of sp³-hybridized carbons (Fsp3) is 0.520. The Morgan fingerprint density at radius 3 is 2.03 bits per heavy atom. The second kappa shape index (κ2) is 7.74. The van der Waals surface area contributed by atoms with Crippen LogP contribution in [0.15, 0.2) is 60.7 Å². The third kappa shape index (κ3) is 3.49. The van der Waals surface area contributed by atoms with Gasteiger partial charge in [0.05, 0.1) is 25.9 Å². The van der Waals surface area contributed by atoms with Gasteiger partial charge in [-0.3, -0.25) is 4.90 Å². The average Bonchev–Trinajstić information content (AvgIpc) is 3.19. The molecular weight excluding hydrogens is 378 g/mol. The maximum atomic E-state index is 11.7. The summed E-state index contributed by atoms with van der Waals surface area (Å²) in [5.41, 5.74) is 1.34. The van der Waals surface area contributed by atoms with Crippen molar-refractivity contribution in [3.05, 3.63) is 71.8 Å². The van der Waals surface area contributed by atoms with Crippen LogP contribution in [-0.2, 0) is 22.4 Å². The minimum atomic E-state index is -0.699. The molecule has 5 heteroatoms. The Hall–Kier alpha value is -1.76. The number of aliphatic hydroxyl groups is 2. The Kier molecular flexibility index (Phi) is 5.20. The minimum absolute atomic E-state index is 0.0789. The molecule has 30 heavy (non-hydrogen) atoms. The normalized spacial score (nSPS) is 33.1. The van der Waals surface area contributed by atoms with Crippen molar-refractivity contribution in [3.63, 3.8) is 0 Å². The van der Waals surface area contributed by atoms with Crippen molar-refractivity contribution in [2.45, 2.75) is 37.7 Å². The molecule has 3 unspecified atom stereocenters. The molecule has 2 aromatic rings. The molecule has 2 aromatic carbocycles. The summed E-state index contributed by atoms with van der Waals surface area (Å²) >= 11 is 0. The zero-order valence-corrected chi connectivity index (χ0v) is 17.4. The van der Waals surface area contributed by atoms with Crippen LogP contribution in [0.2, 0.25) is 0 Å². The lowest BCUT2D eigenvalue weighted by Gasteiger charge is -2.62. The van der Waals surface area contributed by atoms with Gasteiger partial charge in [0.1, 0.15) is 0 Å². The number of hydrogen-bond acceptors (Lipinski definition) is 5. The average molecular weight is 410 g/mol. The highest BCUT2D eigenvalue weighted by Crippen LogP contribution is 2.58. The number of ether oxygens (including phenoxy) is 2. The van der Waals surface area contributed by atoms with E-state index < -0.39 is 22.7 Å². The molecule has 160 valence electrons.